The normalized spacial score (nSPS) is 17.0. The minimum Gasteiger partial charge on any atom is -0.436 e. The van der Waals surface area contributed by atoms with Gasteiger partial charge < -0.3 is 15.1 Å². The van der Waals surface area contributed by atoms with Gasteiger partial charge in [0.2, 0.25) is 11.7 Å². The van der Waals surface area contributed by atoms with E-state index < -0.39 is 0 Å². The zero-order chi connectivity index (χ0) is 15.0. The maximum atomic E-state index is 12.3. The van der Waals surface area contributed by atoms with Crippen LogP contribution < -0.4 is 10.6 Å². The molecule has 2 heterocycles. The lowest BCUT2D eigenvalue weighted by atomic mass is 9.97. The number of hydrogen-bond acceptors (Lipinski definition) is 4. The number of carbonyl (C=O) groups is 2. The molecule has 2 N–H and O–H groups in total. The van der Waals surface area contributed by atoms with Crippen molar-refractivity contribution in [1.29, 1.82) is 0 Å². The molecule has 2 aromatic rings. The van der Waals surface area contributed by atoms with E-state index in [1.54, 1.807) is 13.8 Å². The molecule has 3 rings (SSSR count). The van der Waals surface area contributed by atoms with Crippen LogP contribution in [-0.4, -0.2) is 16.8 Å². The highest BCUT2D eigenvalue weighted by Gasteiger charge is 2.28. The van der Waals surface area contributed by atoms with Gasteiger partial charge in [-0.2, -0.15) is 0 Å². The van der Waals surface area contributed by atoms with Gasteiger partial charge in [0.05, 0.1) is 18.2 Å². The summed E-state index contributed by atoms with van der Waals surface area (Å²) in [6, 6.07) is 7.05. The predicted molar refractivity (Wildman–Crippen MR) is 75.9 cm³/mol. The summed E-state index contributed by atoms with van der Waals surface area (Å²) in [4.78, 5) is 28.1. The number of nitrogens with one attached hydrogen (secondary N) is 2. The van der Waals surface area contributed by atoms with Crippen LogP contribution in [0.15, 0.2) is 28.7 Å². The molecular formula is C15H15N3O3. The van der Waals surface area contributed by atoms with E-state index >= 15 is 0 Å². The number of carbonyl (C=O) groups excluding carboxylic acids is 2. The number of aryl methyl sites for hydroxylation is 2. The summed E-state index contributed by atoms with van der Waals surface area (Å²) < 4.78 is 5.31. The van der Waals surface area contributed by atoms with Gasteiger partial charge in [0.15, 0.2) is 5.89 Å². The van der Waals surface area contributed by atoms with E-state index in [4.69, 9.17) is 4.42 Å². The van der Waals surface area contributed by atoms with E-state index in [9.17, 15) is 9.59 Å². The summed E-state index contributed by atoms with van der Waals surface area (Å²) in [5.74, 6) is 0.155. The van der Waals surface area contributed by atoms with E-state index in [2.05, 4.69) is 15.6 Å². The number of rotatable bonds is 2. The molecule has 1 atom stereocenters. The fourth-order valence-corrected chi connectivity index (χ4v) is 2.51. The third-order valence-corrected chi connectivity index (χ3v) is 3.41. The van der Waals surface area contributed by atoms with Gasteiger partial charge in [0.1, 0.15) is 0 Å². The summed E-state index contributed by atoms with van der Waals surface area (Å²) in [5, 5.41) is 5.63. The van der Waals surface area contributed by atoms with E-state index in [-0.39, 0.29) is 30.0 Å². The van der Waals surface area contributed by atoms with E-state index in [1.807, 2.05) is 24.3 Å². The van der Waals surface area contributed by atoms with Crippen LogP contribution in [0, 0.1) is 13.8 Å². The Morgan fingerprint density at radius 1 is 1.38 bits per heavy atom. The van der Waals surface area contributed by atoms with Crippen molar-refractivity contribution in [3.8, 4) is 0 Å². The van der Waals surface area contributed by atoms with Crippen LogP contribution in [-0.2, 0) is 4.79 Å². The van der Waals surface area contributed by atoms with Crippen LogP contribution in [0.1, 0.15) is 40.2 Å². The van der Waals surface area contributed by atoms with Crippen LogP contribution in [0.2, 0.25) is 0 Å². The van der Waals surface area contributed by atoms with Crippen molar-refractivity contribution in [3.63, 3.8) is 0 Å². The van der Waals surface area contributed by atoms with Crippen LogP contribution in [0.3, 0.4) is 0 Å². The molecule has 1 aliphatic heterocycles. The number of benzene rings is 1. The first-order chi connectivity index (χ1) is 10.0. The van der Waals surface area contributed by atoms with Crippen molar-refractivity contribution < 1.29 is 14.0 Å². The van der Waals surface area contributed by atoms with Gasteiger partial charge in [-0.05, 0) is 18.6 Å². The first-order valence-corrected chi connectivity index (χ1v) is 6.68. The Morgan fingerprint density at radius 2 is 2.14 bits per heavy atom. The maximum absolute atomic E-state index is 12.3. The second-order valence-electron chi connectivity index (χ2n) is 5.01. The summed E-state index contributed by atoms with van der Waals surface area (Å²) in [6.07, 6.45) is 0.203. The Morgan fingerprint density at radius 3 is 2.86 bits per heavy atom. The standard InChI is InChI=1S/C15H15N3O3/c1-8-14(21-9(2)16-8)15(20)18-12-7-13(19)17-11-6-4-3-5-10(11)12/h3-6,12H,7H2,1-2H3,(H,17,19)(H,18,20)/t12-/m1/s1. The molecule has 1 aromatic heterocycles. The van der Waals surface area contributed by atoms with Crippen LogP contribution in [0.5, 0.6) is 0 Å². The highest BCUT2D eigenvalue weighted by atomic mass is 16.4. The van der Waals surface area contributed by atoms with Gasteiger partial charge in [-0.15, -0.1) is 0 Å². The number of nitrogens with zero attached hydrogens (tertiary/aromatic N) is 1. The molecule has 0 saturated heterocycles. The van der Waals surface area contributed by atoms with Crippen molar-refractivity contribution in [2.45, 2.75) is 26.3 Å². The van der Waals surface area contributed by atoms with Crippen molar-refractivity contribution in [3.05, 3.63) is 47.2 Å². The van der Waals surface area contributed by atoms with Crippen LogP contribution >= 0.6 is 0 Å². The van der Waals surface area contributed by atoms with Gasteiger partial charge in [-0.25, -0.2) is 4.98 Å². The smallest absolute Gasteiger partial charge is 0.289 e. The third kappa shape index (κ3) is 2.52. The van der Waals surface area contributed by atoms with Crippen molar-refractivity contribution in [1.82, 2.24) is 10.3 Å². The van der Waals surface area contributed by atoms with E-state index in [0.717, 1.165) is 11.3 Å². The number of hydrogen-bond donors (Lipinski definition) is 2. The molecule has 0 bridgehead atoms. The topological polar surface area (TPSA) is 84.2 Å². The number of para-hydroxylation sites is 1. The van der Waals surface area contributed by atoms with Crippen molar-refractivity contribution in [2.24, 2.45) is 0 Å². The largest absolute Gasteiger partial charge is 0.436 e. The first-order valence-electron chi connectivity index (χ1n) is 6.68. The number of amides is 2. The Hall–Kier alpha value is -2.63. The Labute approximate surface area is 121 Å². The highest BCUT2D eigenvalue weighted by Crippen LogP contribution is 2.30. The van der Waals surface area contributed by atoms with Crippen LogP contribution in [0.4, 0.5) is 5.69 Å². The van der Waals surface area contributed by atoms with Gasteiger partial charge in [-0.1, -0.05) is 18.2 Å². The van der Waals surface area contributed by atoms with E-state index in [0.29, 0.717) is 11.6 Å². The van der Waals surface area contributed by atoms with Gasteiger partial charge in [-0.3, -0.25) is 9.59 Å². The molecule has 6 nitrogen and oxygen atoms in total. The molecule has 0 saturated carbocycles. The van der Waals surface area contributed by atoms with E-state index in [1.165, 1.54) is 0 Å². The lowest BCUT2D eigenvalue weighted by Gasteiger charge is -2.26. The molecule has 0 radical (unpaired) electrons. The fraction of sp³-hybridized carbons (Fsp3) is 0.267. The Balaban J connectivity index is 1.87. The number of aromatic nitrogens is 1. The molecular weight excluding hydrogens is 270 g/mol. The minimum absolute atomic E-state index is 0.121. The second-order valence-corrected chi connectivity index (χ2v) is 5.01. The summed E-state index contributed by atoms with van der Waals surface area (Å²) >= 11 is 0. The molecule has 1 aliphatic rings. The summed E-state index contributed by atoms with van der Waals surface area (Å²) in [7, 11) is 0. The molecule has 21 heavy (non-hydrogen) atoms. The number of fused-ring (bicyclic) bond motifs is 1. The van der Waals surface area contributed by atoms with Crippen LogP contribution in [0.25, 0.3) is 0 Å². The Kier molecular flexibility index (Phi) is 3.21. The first kappa shape index (κ1) is 13.4. The van der Waals surface area contributed by atoms with Gasteiger partial charge in [0, 0.05) is 12.6 Å². The minimum atomic E-state index is -0.368. The molecule has 2 amide bonds. The molecule has 6 heteroatoms. The monoisotopic (exact) mass is 285 g/mol. The summed E-state index contributed by atoms with van der Waals surface area (Å²) in [5.41, 5.74) is 2.16. The lowest BCUT2D eigenvalue weighted by Crippen LogP contribution is -2.35. The SMILES string of the molecule is Cc1nc(C)c(C(=O)N[C@@H]2CC(=O)Nc3ccccc32)o1. The average Bonchev–Trinajstić information content (AvgIpc) is 2.77. The third-order valence-electron chi connectivity index (χ3n) is 3.41. The molecule has 0 spiro atoms. The van der Waals surface area contributed by atoms with Gasteiger partial charge in [0.25, 0.3) is 5.91 Å². The molecule has 0 fully saturated rings. The average molecular weight is 285 g/mol. The maximum Gasteiger partial charge on any atom is 0.289 e. The predicted octanol–water partition coefficient (Wildman–Crippen LogP) is 2.10. The lowest BCUT2D eigenvalue weighted by molar-refractivity contribution is -0.116. The zero-order valence-electron chi connectivity index (χ0n) is 11.8. The number of anilines is 1. The molecule has 0 aliphatic carbocycles. The Bertz CT molecular complexity index is 721. The number of oxazole rings is 1. The van der Waals surface area contributed by atoms with Crippen molar-refractivity contribution >= 4 is 17.5 Å². The van der Waals surface area contributed by atoms with Crippen molar-refractivity contribution in [2.75, 3.05) is 5.32 Å². The molecule has 0 unspecified atom stereocenters. The molecule has 1 aromatic carbocycles. The second kappa shape index (κ2) is 5.05. The molecule has 108 valence electrons. The van der Waals surface area contributed by atoms with Gasteiger partial charge >= 0.3 is 0 Å². The highest BCUT2D eigenvalue weighted by molar-refractivity contribution is 5.97. The fourth-order valence-electron chi connectivity index (χ4n) is 2.51. The quantitative estimate of drug-likeness (QED) is 0.885. The summed E-state index contributed by atoms with van der Waals surface area (Å²) in [6.45, 7) is 3.40. The zero-order valence-corrected chi connectivity index (χ0v) is 11.8.